The van der Waals surface area contributed by atoms with Gasteiger partial charge in [0, 0.05) is 13.1 Å². The van der Waals surface area contributed by atoms with Gasteiger partial charge in [-0.25, -0.2) is 9.97 Å². The van der Waals surface area contributed by atoms with Crippen molar-refractivity contribution in [3.05, 3.63) is 17.3 Å². The van der Waals surface area contributed by atoms with Crippen molar-refractivity contribution in [3.8, 4) is 0 Å². The molecule has 3 heterocycles. The van der Waals surface area contributed by atoms with E-state index in [0.29, 0.717) is 11.8 Å². The number of anilines is 1. The van der Waals surface area contributed by atoms with Gasteiger partial charge in [-0.15, -0.1) is 11.3 Å². The summed E-state index contributed by atoms with van der Waals surface area (Å²) in [7, 11) is 0. The fraction of sp³-hybridized carbons (Fsp3) is 0.571. The first kappa shape index (κ1) is 12.8. The maximum absolute atomic E-state index is 5.89. The highest BCUT2D eigenvalue weighted by molar-refractivity contribution is 7.18. The molecule has 2 aromatic heterocycles. The van der Waals surface area contributed by atoms with Crippen LogP contribution in [0.5, 0.6) is 0 Å². The van der Waals surface area contributed by atoms with Crippen LogP contribution in [0, 0.1) is 18.8 Å². The van der Waals surface area contributed by atoms with Crippen molar-refractivity contribution in [1.29, 1.82) is 0 Å². The highest BCUT2D eigenvalue weighted by Crippen LogP contribution is 2.33. The second-order valence-electron chi connectivity index (χ2n) is 5.50. The molecule has 0 amide bonds. The lowest BCUT2D eigenvalue weighted by atomic mass is 9.87. The lowest BCUT2D eigenvalue weighted by Gasteiger charge is -2.37. The molecule has 0 aromatic carbocycles. The lowest BCUT2D eigenvalue weighted by molar-refractivity contribution is 0.307. The molecule has 0 aliphatic carbocycles. The van der Waals surface area contributed by atoms with Gasteiger partial charge in [0.25, 0.3) is 0 Å². The van der Waals surface area contributed by atoms with Crippen LogP contribution < -0.4 is 10.6 Å². The predicted molar refractivity (Wildman–Crippen MR) is 80.7 cm³/mol. The lowest BCUT2D eigenvalue weighted by Crippen LogP contribution is -2.43. The molecule has 1 aliphatic heterocycles. The van der Waals surface area contributed by atoms with Gasteiger partial charge in [0.2, 0.25) is 0 Å². The van der Waals surface area contributed by atoms with Crippen molar-refractivity contribution < 1.29 is 0 Å². The highest BCUT2D eigenvalue weighted by Gasteiger charge is 2.27. The quantitative estimate of drug-likeness (QED) is 0.915. The van der Waals surface area contributed by atoms with Gasteiger partial charge in [-0.05, 0) is 42.7 Å². The molecular formula is C14H20N4S. The SMILES string of the molecule is Cc1csc2c(N3CCC(C)C(CN)C3)ncnc12. The van der Waals surface area contributed by atoms with Gasteiger partial charge in [-0.3, -0.25) is 0 Å². The van der Waals surface area contributed by atoms with E-state index < -0.39 is 0 Å². The Morgan fingerprint density at radius 3 is 3.11 bits per heavy atom. The Bertz CT molecular complexity index is 580. The van der Waals surface area contributed by atoms with E-state index in [4.69, 9.17) is 5.73 Å². The molecular weight excluding hydrogens is 256 g/mol. The zero-order chi connectivity index (χ0) is 13.4. The van der Waals surface area contributed by atoms with Crippen molar-refractivity contribution in [2.75, 3.05) is 24.5 Å². The minimum Gasteiger partial charge on any atom is -0.355 e. The number of thiophene rings is 1. The van der Waals surface area contributed by atoms with Crippen LogP contribution in [0.15, 0.2) is 11.7 Å². The smallest absolute Gasteiger partial charge is 0.150 e. The second kappa shape index (κ2) is 5.06. The number of hydrogen-bond donors (Lipinski definition) is 1. The van der Waals surface area contributed by atoms with Crippen LogP contribution in [0.2, 0.25) is 0 Å². The fourth-order valence-corrected chi connectivity index (χ4v) is 3.85. The van der Waals surface area contributed by atoms with E-state index in [1.165, 1.54) is 16.7 Å². The second-order valence-corrected chi connectivity index (χ2v) is 6.38. The third kappa shape index (κ3) is 2.21. The molecule has 0 radical (unpaired) electrons. The average molecular weight is 276 g/mol. The summed E-state index contributed by atoms with van der Waals surface area (Å²) in [6, 6.07) is 0. The van der Waals surface area contributed by atoms with Gasteiger partial charge >= 0.3 is 0 Å². The number of hydrogen-bond acceptors (Lipinski definition) is 5. The highest BCUT2D eigenvalue weighted by atomic mass is 32.1. The zero-order valence-corrected chi connectivity index (χ0v) is 12.3. The maximum atomic E-state index is 5.89. The molecule has 19 heavy (non-hydrogen) atoms. The number of nitrogens with zero attached hydrogens (tertiary/aromatic N) is 3. The first-order chi connectivity index (χ1) is 9.20. The molecule has 1 aliphatic rings. The Hall–Kier alpha value is -1.20. The molecule has 2 unspecified atom stereocenters. The summed E-state index contributed by atoms with van der Waals surface area (Å²) in [5.74, 6) is 2.37. The van der Waals surface area contributed by atoms with Crippen LogP contribution in [0.3, 0.4) is 0 Å². The predicted octanol–water partition coefficient (Wildman–Crippen LogP) is 2.42. The van der Waals surface area contributed by atoms with Crippen molar-refractivity contribution in [3.63, 3.8) is 0 Å². The first-order valence-corrected chi connectivity index (χ1v) is 7.72. The average Bonchev–Trinajstić information content (AvgIpc) is 2.81. The van der Waals surface area contributed by atoms with E-state index in [9.17, 15) is 0 Å². The molecule has 0 bridgehead atoms. The van der Waals surface area contributed by atoms with Crippen molar-refractivity contribution in [1.82, 2.24) is 9.97 Å². The number of aryl methyl sites for hydroxylation is 1. The van der Waals surface area contributed by atoms with Crippen molar-refractivity contribution in [2.24, 2.45) is 17.6 Å². The number of aromatic nitrogens is 2. The minimum absolute atomic E-state index is 0.569. The monoisotopic (exact) mass is 276 g/mol. The summed E-state index contributed by atoms with van der Waals surface area (Å²) in [5, 5.41) is 2.16. The van der Waals surface area contributed by atoms with Crippen molar-refractivity contribution >= 4 is 27.4 Å². The standard InChI is InChI=1S/C14H20N4S/c1-9-3-4-18(6-11(9)5-15)14-13-12(16-8-17-14)10(2)7-19-13/h7-9,11H,3-6,15H2,1-2H3. The number of piperidine rings is 1. The van der Waals surface area contributed by atoms with E-state index in [1.807, 2.05) is 0 Å². The summed E-state index contributed by atoms with van der Waals surface area (Å²) in [5.41, 5.74) is 8.23. The largest absolute Gasteiger partial charge is 0.355 e. The van der Waals surface area contributed by atoms with Gasteiger partial charge in [-0.1, -0.05) is 6.92 Å². The van der Waals surface area contributed by atoms with Crippen LogP contribution in [0.25, 0.3) is 10.2 Å². The molecule has 2 atom stereocenters. The number of fused-ring (bicyclic) bond motifs is 1. The molecule has 0 spiro atoms. The molecule has 102 valence electrons. The van der Waals surface area contributed by atoms with Gasteiger partial charge < -0.3 is 10.6 Å². The normalized spacial score (nSPS) is 24.1. The maximum Gasteiger partial charge on any atom is 0.150 e. The fourth-order valence-electron chi connectivity index (χ4n) is 2.83. The minimum atomic E-state index is 0.569. The molecule has 4 nitrogen and oxygen atoms in total. The van der Waals surface area contributed by atoms with E-state index in [1.54, 1.807) is 17.7 Å². The van der Waals surface area contributed by atoms with Gasteiger partial charge in [-0.2, -0.15) is 0 Å². The number of rotatable bonds is 2. The molecule has 2 aromatic rings. The Labute approximate surface area is 117 Å². The third-order valence-electron chi connectivity index (χ3n) is 4.23. The molecule has 1 fully saturated rings. The van der Waals surface area contributed by atoms with E-state index in [2.05, 4.69) is 34.1 Å². The van der Waals surface area contributed by atoms with Gasteiger partial charge in [0.05, 0.1) is 10.2 Å². The van der Waals surface area contributed by atoms with E-state index in [-0.39, 0.29) is 0 Å². The Morgan fingerprint density at radius 1 is 1.47 bits per heavy atom. The van der Waals surface area contributed by atoms with E-state index in [0.717, 1.165) is 31.0 Å². The summed E-state index contributed by atoms with van der Waals surface area (Å²) in [4.78, 5) is 11.3. The Morgan fingerprint density at radius 2 is 2.32 bits per heavy atom. The van der Waals surface area contributed by atoms with Crippen LogP contribution >= 0.6 is 11.3 Å². The summed E-state index contributed by atoms with van der Waals surface area (Å²) in [6.07, 6.45) is 2.88. The van der Waals surface area contributed by atoms with Crippen LogP contribution in [-0.4, -0.2) is 29.6 Å². The van der Waals surface area contributed by atoms with Crippen LogP contribution in [0.4, 0.5) is 5.82 Å². The van der Waals surface area contributed by atoms with E-state index >= 15 is 0 Å². The topological polar surface area (TPSA) is 55.0 Å². The Balaban J connectivity index is 1.96. The molecule has 3 rings (SSSR count). The summed E-state index contributed by atoms with van der Waals surface area (Å²) in [6.45, 7) is 7.26. The number of nitrogens with two attached hydrogens (primary N) is 1. The third-order valence-corrected chi connectivity index (χ3v) is 5.31. The Kier molecular flexibility index (Phi) is 3.41. The first-order valence-electron chi connectivity index (χ1n) is 6.84. The molecule has 5 heteroatoms. The van der Waals surface area contributed by atoms with Crippen molar-refractivity contribution in [2.45, 2.75) is 20.3 Å². The van der Waals surface area contributed by atoms with Gasteiger partial charge in [0.15, 0.2) is 0 Å². The summed E-state index contributed by atoms with van der Waals surface area (Å²) < 4.78 is 1.21. The molecule has 2 N–H and O–H groups in total. The van der Waals surface area contributed by atoms with Crippen LogP contribution in [-0.2, 0) is 0 Å². The zero-order valence-electron chi connectivity index (χ0n) is 11.5. The molecule has 1 saturated heterocycles. The molecule has 0 saturated carbocycles. The van der Waals surface area contributed by atoms with Crippen LogP contribution in [0.1, 0.15) is 18.9 Å². The summed E-state index contributed by atoms with van der Waals surface area (Å²) >= 11 is 1.75. The van der Waals surface area contributed by atoms with Gasteiger partial charge in [0.1, 0.15) is 12.1 Å².